The van der Waals surface area contributed by atoms with Crippen LogP contribution in [0.15, 0.2) is 53.3 Å². The lowest BCUT2D eigenvalue weighted by atomic mass is 10.1. The fraction of sp³-hybridized carbons (Fsp3) is 0.286. The molecule has 0 aliphatic carbocycles. The quantitative estimate of drug-likeness (QED) is 0.748. The third-order valence-electron chi connectivity index (χ3n) is 4.98. The van der Waals surface area contributed by atoms with Crippen molar-refractivity contribution < 1.29 is 4.79 Å². The number of amides is 1. The molecule has 1 amide bonds. The Hall–Kier alpha value is -3.15. The molecular weight excluding hydrogens is 340 g/mol. The number of carbonyl (C=O) groups excluding carboxylic acids is 1. The van der Waals surface area contributed by atoms with Crippen LogP contribution >= 0.6 is 0 Å². The van der Waals surface area contributed by atoms with Crippen molar-refractivity contribution in [1.82, 2.24) is 10.2 Å². The molecule has 4 rings (SSSR count). The minimum absolute atomic E-state index is 0.102. The zero-order valence-corrected chi connectivity index (χ0v) is 15.1. The zero-order chi connectivity index (χ0) is 18.6. The van der Waals surface area contributed by atoms with Gasteiger partial charge in [-0.1, -0.05) is 18.2 Å². The number of anilines is 2. The minimum atomic E-state index is -0.247. The molecule has 0 saturated carbocycles. The van der Waals surface area contributed by atoms with E-state index >= 15 is 0 Å². The standard InChI is InChI=1S/C21H22N4O2/c26-20(14-19-17-6-2-3-7-18(17)21(27)24-23-19)22-15-8-10-16(11-9-15)25-12-4-1-5-13-25/h2-3,6-11H,1,4-5,12-14H2,(H,22,26)(H,24,27). The summed E-state index contributed by atoms with van der Waals surface area (Å²) in [5, 5.41) is 10.7. The molecule has 0 radical (unpaired) electrons. The van der Waals surface area contributed by atoms with E-state index in [0.29, 0.717) is 16.5 Å². The lowest BCUT2D eigenvalue weighted by Crippen LogP contribution is -2.29. The second-order valence-corrected chi connectivity index (χ2v) is 6.86. The second-order valence-electron chi connectivity index (χ2n) is 6.86. The third-order valence-corrected chi connectivity index (χ3v) is 4.98. The summed E-state index contributed by atoms with van der Waals surface area (Å²) in [5.41, 5.74) is 2.27. The molecule has 0 unspecified atom stereocenters. The van der Waals surface area contributed by atoms with Gasteiger partial charge in [-0.15, -0.1) is 0 Å². The van der Waals surface area contributed by atoms with Crippen LogP contribution in [0.3, 0.4) is 0 Å². The molecular formula is C21H22N4O2. The van der Waals surface area contributed by atoms with Crippen LogP contribution in [-0.2, 0) is 11.2 Å². The van der Waals surface area contributed by atoms with Crippen LogP contribution in [0, 0.1) is 0 Å². The Morgan fingerprint density at radius 2 is 1.70 bits per heavy atom. The van der Waals surface area contributed by atoms with Crippen molar-refractivity contribution in [3.05, 3.63) is 64.6 Å². The van der Waals surface area contributed by atoms with E-state index in [-0.39, 0.29) is 17.9 Å². The highest BCUT2D eigenvalue weighted by Gasteiger charge is 2.13. The highest BCUT2D eigenvalue weighted by molar-refractivity contribution is 5.95. The predicted octanol–water partition coefficient (Wildman–Crippen LogP) is 3.09. The first kappa shape index (κ1) is 17.3. The number of rotatable bonds is 4. The summed E-state index contributed by atoms with van der Waals surface area (Å²) in [4.78, 5) is 26.7. The Morgan fingerprint density at radius 1 is 1.00 bits per heavy atom. The minimum Gasteiger partial charge on any atom is -0.372 e. The van der Waals surface area contributed by atoms with E-state index in [1.165, 1.54) is 24.9 Å². The molecule has 2 N–H and O–H groups in total. The molecule has 2 heterocycles. The third kappa shape index (κ3) is 3.84. The van der Waals surface area contributed by atoms with Crippen molar-refractivity contribution in [1.29, 1.82) is 0 Å². The van der Waals surface area contributed by atoms with Crippen LogP contribution in [0.4, 0.5) is 11.4 Å². The van der Waals surface area contributed by atoms with Crippen LogP contribution in [0.2, 0.25) is 0 Å². The number of hydrogen-bond acceptors (Lipinski definition) is 4. The summed E-state index contributed by atoms with van der Waals surface area (Å²) in [6.07, 6.45) is 3.88. The van der Waals surface area contributed by atoms with Gasteiger partial charge in [-0.2, -0.15) is 5.10 Å². The van der Waals surface area contributed by atoms with Gasteiger partial charge >= 0.3 is 0 Å². The molecule has 6 heteroatoms. The summed E-state index contributed by atoms with van der Waals surface area (Å²) in [5.74, 6) is -0.162. The summed E-state index contributed by atoms with van der Waals surface area (Å²) in [7, 11) is 0. The number of nitrogens with one attached hydrogen (secondary N) is 2. The van der Waals surface area contributed by atoms with Gasteiger partial charge in [-0.25, -0.2) is 5.10 Å². The van der Waals surface area contributed by atoms with Gasteiger partial charge in [-0.05, 0) is 49.6 Å². The summed E-state index contributed by atoms with van der Waals surface area (Å²) in [6.45, 7) is 2.19. The Morgan fingerprint density at radius 3 is 2.44 bits per heavy atom. The van der Waals surface area contributed by atoms with Gasteiger partial charge in [0, 0.05) is 29.9 Å². The molecule has 0 atom stereocenters. The lowest BCUT2D eigenvalue weighted by molar-refractivity contribution is -0.115. The molecule has 1 fully saturated rings. The van der Waals surface area contributed by atoms with E-state index in [1.807, 2.05) is 24.3 Å². The Kier molecular flexibility index (Phi) is 4.87. The maximum absolute atomic E-state index is 12.4. The van der Waals surface area contributed by atoms with Crippen molar-refractivity contribution in [2.24, 2.45) is 0 Å². The van der Waals surface area contributed by atoms with Crippen molar-refractivity contribution in [3.8, 4) is 0 Å². The second kappa shape index (κ2) is 7.61. The van der Waals surface area contributed by atoms with Gasteiger partial charge in [0.25, 0.3) is 5.56 Å². The number of benzene rings is 2. The molecule has 1 saturated heterocycles. The molecule has 1 aromatic heterocycles. The van der Waals surface area contributed by atoms with Crippen LogP contribution < -0.4 is 15.8 Å². The number of piperidine rings is 1. The van der Waals surface area contributed by atoms with E-state index in [2.05, 4.69) is 32.5 Å². The Labute approximate surface area is 157 Å². The Bertz CT molecular complexity index is 1000. The first-order chi connectivity index (χ1) is 13.2. The van der Waals surface area contributed by atoms with Gasteiger partial charge in [0.05, 0.1) is 17.5 Å². The van der Waals surface area contributed by atoms with E-state index in [1.54, 1.807) is 12.1 Å². The van der Waals surface area contributed by atoms with Crippen molar-refractivity contribution in [2.75, 3.05) is 23.3 Å². The number of aromatic nitrogens is 2. The molecule has 6 nitrogen and oxygen atoms in total. The largest absolute Gasteiger partial charge is 0.372 e. The van der Waals surface area contributed by atoms with Crippen molar-refractivity contribution >= 4 is 28.1 Å². The molecule has 0 spiro atoms. The summed E-state index contributed by atoms with van der Waals surface area (Å²) >= 11 is 0. The van der Waals surface area contributed by atoms with Crippen molar-refractivity contribution in [3.63, 3.8) is 0 Å². The molecule has 2 aromatic carbocycles. The van der Waals surface area contributed by atoms with E-state index in [0.717, 1.165) is 18.8 Å². The average molecular weight is 362 g/mol. The molecule has 0 bridgehead atoms. The predicted molar refractivity (Wildman–Crippen MR) is 107 cm³/mol. The van der Waals surface area contributed by atoms with Crippen LogP contribution in [0.25, 0.3) is 10.8 Å². The average Bonchev–Trinajstić information content (AvgIpc) is 2.71. The van der Waals surface area contributed by atoms with Crippen molar-refractivity contribution in [2.45, 2.75) is 25.7 Å². The number of H-pyrrole nitrogens is 1. The van der Waals surface area contributed by atoms with Crippen LogP contribution in [0.1, 0.15) is 25.0 Å². The maximum Gasteiger partial charge on any atom is 0.272 e. The van der Waals surface area contributed by atoms with Gasteiger partial charge in [-0.3, -0.25) is 9.59 Å². The topological polar surface area (TPSA) is 78.1 Å². The smallest absolute Gasteiger partial charge is 0.272 e. The molecule has 27 heavy (non-hydrogen) atoms. The number of nitrogens with zero attached hydrogens (tertiary/aromatic N) is 2. The van der Waals surface area contributed by atoms with Gasteiger partial charge in [0.15, 0.2) is 0 Å². The SMILES string of the molecule is O=C(Cc1n[nH]c(=O)c2ccccc12)Nc1ccc(N2CCCCC2)cc1. The maximum atomic E-state index is 12.4. The number of carbonyl (C=O) groups is 1. The first-order valence-electron chi connectivity index (χ1n) is 9.32. The normalized spacial score (nSPS) is 14.3. The van der Waals surface area contributed by atoms with Gasteiger partial charge < -0.3 is 10.2 Å². The molecule has 138 valence electrons. The zero-order valence-electron chi connectivity index (χ0n) is 15.1. The fourth-order valence-corrected chi connectivity index (χ4v) is 3.57. The monoisotopic (exact) mass is 362 g/mol. The number of fused-ring (bicyclic) bond motifs is 1. The Balaban J connectivity index is 1.45. The van der Waals surface area contributed by atoms with Gasteiger partial charge in [0.2, 0.25) is 5.91 Å². The molecule has 1 aliphatic rings. The summed E-state index contributed by atoms with van der Waals surface area (Å²) in [6, 6.07) is 15.1. The number of hydrogen-bond donors (Lipinski definition) is 2. The number of aromatic amines is 1. The molecule has 1 aliphatic heterocycles. The van der Waals surface area contributed by atoms with E-state index in [4.69, 9.17) is 0 Å². The van der Waals surface area contributed by atoms with Gasteiger partial charge in [0.1, 0.15) is 0 Å². The fourth-order valence-electron chi connectivity index (χ4n) is 3.57. The highest BCUT2D eigenvalue weighted by atomic mass is 16.1. The van der Waals surface area contributed by atoms with E-state index < -0.39 is 0 Å². The summed E-state index contributed by atoms with van der Waals surface area (Å²) < 4.78 is 0. The first-order valence-corrected chi connectivity index (χ1v) is 9.32. The highest BCUT2D eigenvalue weighted by Crippen LogP contribution is 2.22. The molecule has 3 aromatic rings. The van der Waals surface area contributed by atoms with Crippen LogP contribution in [-0.4, -0.2) is 29.2 Å². The van der Waals surface area contributed by atoms with Crippen LogP contribution in [0.5, 0.6) is 0 Å². The van der Waals surface area contributed by atoms with E-state index in [9.17, 15) is 9.59 Å². The lowest BCUT2D eigenvalue weighted by Gasteiger charge is -2.28.